The van der Waals surface area contributed by atoms with Gasteiger partial charge in [0, 0.05) is 19.1 Å². The first-order valence-corrected chi connectivity index (χ1v) is 8.39. The summed E-state index contributed by atoms with van der Waals surface area (Å²) in [4.78, 5) is 24.1. The second-order valence-corrected chi connectivity index (χ2v) is 7.63. The van der Waals surface area contributed by atoms with Crippen molar-refractivity contribution in [2.75, 3.05) is 25.4 Å². The van der Waals surface area contributed by atoms with Crippen molar-refractivity contribution in [3.05, 3.63) is 0 Å². The molecule has 0 N–H and O–H groups in total. The Bertz CT molecular complexity index is 478. The van der Waals surface area contributed by atoms with Gasteiger partial charge in [-0.2, -0.15) is 0 Å². The van der Waals surface area contributed by atoms with Crippen LogP contribution in [-0.4, -0.2) is 61.1 Å². The van der Waals surface area contributed by atoms with E-state index in [0.29, 0.717) is 25.9 Å². The number of carbonyl (C=O) groups is 2. The predicted octanol–water partition coefficient (Wildman–Crippen LogP) is 0.415. The van der Waals surface area contributed by atoms with E-state index in [1.54, 1.807) is 0 Å². The normalized spacial score (nSPS) is 22.6. The molecule has 0 spiro atoms. The minimum Gasteiger partial charge on any atom is -0.439 e. The lowest BCUT2D eigenvalue weighted by Gasteiger charge is -2.34. The van der Waals surface area contributed by atoms with E-state index in [1.165, 1.54) is 4.31 Å². The van der Waals surface area contributed by atoms with Crippen LogP contribution in [0.15, 0.2) is 0 Å². The highest BCUT2D eigenvalue weighted by Gasteiger charge is 2.40. The highest BCUT2D eigenvalue weighted by Crippen LogP contribution is 2.23. The number of piperidine rings is 1. The highest BCUT2D eigenvalue weighted by molar-refractivity contribution is 7.89. The van der Waals surface area contributed by atoms with E-state index in [1.807, 2.05) is 13.8 Å². The summed E-state index contributed by atoms with van der Waals surface area (Å²) in [6, 6.07) is -0.247. The predicted molar refractivity (Wildman–Crippen MR) is 71.4 cm³/mol. The topological polar surface area (TPSA) is 84.0 Å². The zero-order valence-corrected chi connectivity index (χ0v) is 12.6. The van der Waals surface area contributed by atoms with E-state index in [4.69, 9.17) is 0 Å². The van der Waals surface area contributed by atoms with Gasteiger partial charge in [-0.15, -0.1) is 0 Å². The molecule has 0 unspecified atom stereocenters. The van der Waals surface area contributed by atoms with Crippen LogP contribution >= 0.6 is 0 Å². The molecule has 2 heterocycles. The molecule has 20 heavy (non-hydrogen) atoms. The van der Waals surface area contributed by atoms with Crippen molar-refractivity contribution in [2.45, 2.75) is 32.7 Å². The third-order valence-corrected chi connectivity index (χ3v) is 5.75. The minimum absolute atomic E-state index is 0.0767. The van der Waals surface area contributed by atoms with Gasteiger partial charge in [-0.3, -0.25) is 4.79 Å². The Kier molecular flexibility index (Phi) is 4.33. The van der Waals surface area contributed by atoms with Crippen molar-refractivity contribution in [2.24, 2.45) is 5.92 Å². The summed E-state index contributed by atoms with van der Waals surface area (Å²) in [5, 5.41) is 0. The molecule has 2 aliphatic heterocycles. The van der Waals surface area contributed by atoms with Gasteiger partial charge in [-0.1, -0.05) is 13.8 Å². The molecule has 2 saturated heterocycles. The number of ether oxygens (including phenoxy) is 1. The summed E-state index contributed by atoms with van der Waals surface area (Å²) in [6.07, 6.45) is 0.328. The zero-order valence-electron chi connectivity index (χ0n) is 11.7. The summed E-state index contributed by atoms with van der Waals surface area (Å²) in [6.45, 7) is 4.21. The Labute approximate surface area is 118 Å². The number of cyclic esters (lactones) is 1. The molecule has 8 heteroatoms. The van der Waals surface area contributed by atoms with Crippen LogP contribution in [0.3, 0.4) is 0 Å². The number of nitrogens with zero attached hydrogens (tertiary/aromatic N) is 2. The number of amides is 2. The fraction of sp³-hybridized carbons (Fsp3) is 0.833. The smallest absolute Gasteiger partial charge is 0.417 e. The summed E-state index contributed by atoms with van der Waals surface area (Å²) in [5.74, 6) is -0.131. The molecule has 7 nitrogen and oxygen atoms in total. The lowest BCUT2D eigenvalue weighted by molar-refractivity contribution is -0.127. The monoisotopic (exact) mass is 304 g/mol. The van der Waals surface area contributed by atoms with Crippen LogP contribution in [0.25, 0.3) is 0 Å². The van der Waals surface area contributed by atoms with Crippen LogP contribution in [0, 0.1) is 5.92 Å². The summed E-state index contributed by atoms with van der Waals surface area (Å²) >= 11 is 0. The molecule has 0 aromatic carbocycles. The average Bonchev–Trinajstić information content (AvgIpc) is 2.68. The van der Waals surface area contributed by atoms with Crippen LogP contribution in [0.4, 0.5) is 4.79 Å². The molecule has 0 atom stereocenters. The third kappa shape index (κ3) is 3.12. The van der Waals surface area contributed by atoms with Crippen LogP contribution in [0.5, 0.6) is 0 Å². The Morgan fingerprint density at radius 2 is 1.85 bits per heavy atom. The Morgan fingerprint density at radius 1 is 1.25 bits per heavy atom. The average molecular weight is 304 g/mol. The van der Waals surface area contributed by atoms with E-state index < -0.39 is 16.1 Å². The van der Waals surface area contributed by atoms with Crippen molar-refractivity contribution in [1.29, 1.82) is 0 Å². The summed E-state index contributed by atoms with van der Waals surface area (Å²) in [5.41, 5.74) is 0. The minimum atomic E-state index is -3.24. The number of sulfonamides is 1. The SMILES string of the molecule is CC(C)CS(=O)(=O)N1CCC(N2C(=O)COC2=O)CC1. The van der Waals surface area contributed by atoms with E-state index >= 15 is 0 Å². The van der Waals surface area contributed by atoms with Crippen molar-refractivity contribution in [3.8, 4) is 0 Å². The molecule has 0 aromatic heterocycles. The van der Waals surface area contributed by atoms with Gasteiger partial charge in [-0.05, 0) is 18.8 Å². The summed E-state index contributed by atoms with van der Waals surface area (Å²) < 4.78 is 30.3. The number of hydrogen-bond donors (Lipinski definition) is 0. The molecule has 2 aliphatic rings. The van der Waals surface area contributed by atoms with Gasteiger partial charge >= 0.3 is 6.09 Å². The standard InChI is InChI=1S/C12H20N2O5S/c1-9(2)8-20(17,18)13-5-3-10(4-6-13)14-11(15)7-19-12(14)16/h9-10H,3-8H2,1-2H3. The lowest BCUT2D eigenvalue weighted by Crippen LogP contribution is -2.49. The zero-order chi connectivity index (χ0) is 14.9. The molecule has 0 aliphatic carbocycles. The molecule has 2 amide bonds. The molecular formula is C12H20N2O5S. The first kappa shape index (κ1) is 15.2. The van der Waals surface area contributed by atoms with E-state index in [0.717, 1.165) is 4.90 Å². The van der Waals surface area contributed by atoms with Crippen LogP contribution in [-0.2, 0) is 19.6 Å². The first-order valence-electron chi connectivity index (χ1n) is 6.78. The van der Waals surface area contributed by atoms with Gasteiger partial charge in [0.2, 0.25) is 10.0 Å². The highest BCUT2D eigenvalue weighted by atomic mass is 32.2. The van der Waals surface area contributed by atoms with E-state index in [9.17, 15) is 18.0 Å². The molecule has 0 aromatic rings. The molecule has 2 fully saturated rings. The fourth-order valence-corrected chi connectivity index (χ4v) is 4.44. The lowest BCUT2D eigenvalue weighted by atomic mass is 10.1. The quantitative estimate of drug-likeness (QED) is 0.751. The van der Waals surface area contributed by atoms with Gasteiger partial charge < -0.3 is 4.74 Å². The number of imide groups is 1. The van der Waals surface area contributed by atoms with Gasteiger partial charge in [0.05, 0.1) is 5.75 Å². The fourth-order valence-electron chi connectivity index (χ4n) is 2.62. The third-order valence-electron chi connectivity index (χ3n) is 3.51. The van der Waals surface area contributed by atoms with Gasteiger partial charge in [0.25, 0.3) is 5.91 Å². The molecule has 0 bridgehead atoms. The van der Waals surface area contributed by atoms with Crippen LogP contribution in [0.1, 0.15) is 26.7 Å². The maximum Gasteiger partial charge on any atom is 0.417 e. The number of carbonyl (C=O) groups excluding carboxylic acids is 2. The maximum absolute atomic E-state index is 12.1. The molecular weight excluding hydrogens is 284 g/mol. The summed E-state index contributed by atoms with van der Waals surface area (Å²) in [7, 11) is -3.24. The van der Waals surface area contributed by atoms with E-state index in [-0.39, 0.29) is 30.2 Å². The first-order chi connectivity index (χ1) is 9.31. The second kappa shape index (κ2) is 5.69. The molecule has 2 rings (SSSR count). The largest absolute Gasteiger partial charge is 0.439 e. The molecule has 114 valence electrons. The van der Waals surface area contributed by atoms with Crippen LogP contribution in [0.2, 0.25) is 0 Å². The maximum atomic E-state index is 12.1. The van der Waals surface area contributed by atoms with Crippen molar-refractivity contribution < 1.29 is 22.7 Å². The Morgan fingerprint density at radius 3 is 2.30 bits per heavy atom. The van der Waals surface area contributed by atoms with Gasteiger partial charge in [-0.25, -0.2) is 22.4 Å². The van der Waals surface area contributed by atoms with Crippen molar-refractivity contribution in [1.82, 2.24) is 9.21 Å². The molecule has 0 radical (unpaired) electrons. The Balaban J connectivity index is 1.96. The van der Waals surface area contributed by atoms with Gasteiger partial charge in [0.15, 0.2) is 6.61 Å². The number of rotatable bonds is 4. The molecule has 0 saturated carbocycles. The van der Waals surface area contributed by atoms with Crippen LogP contribution < -0.4 is 0 Å². The Hall–Kier alpha value is -1.15. The number of hydrogen-bond acceptors (Lipinski definition) is 5. The van der Waals surface area contributed by atoms with Crippen molar-refractivity contribution >= 4 is 22.0 Å². The van der Waals surface area contributed by atoms with Gasteiger partial charge in [0.1, 0.15) is 0 Å². The van der Waals surface area contributed by atoms with E-state index in [2.05, 4.69) is 4.74 Å². The second-order valence-electron chi connectivity index (χ2n) is 5.62. The van der Waals surface area contributed by atoms with Crippen molar-refractivity contribution in [3.63, 3.8) is 0 Å².